The molecule has 0 bridgehead atoms. The molecule has 0 spiro atoms. The van der Waals surface area contributed by atoms with Gasteiger partial charge in [0.2, 0.25) is 0 Å². The van der Waals surface area contributed by atoms with Crippen LogP contribution in [0.2, 0.25) is 0 Å². The first-order valence-corrected chi connectivity index (χ1v) is 12.7. The summed E-state index contributed by atoms with van der Waals surface area (Å²) in [5.41, 5.74) is 2.60. The van der Waals surface area contributed by atoms with Gasteiger partial charge in [0.25, 0.3) is 0 Å². The third kappa shape index (κ3) is 13.3. The van der Waals surface area contributed by atoms with Crippen LogP contribution in [0, 0.1) is 0 Å². The van der Waals surface area contributed by atoms with Crippen LogP contribution in [0.15, 0.2) is 6.07 Å². The van der Waals surface area contributed by atoms with Crippen molar-refractivity contribution in [3.05, 3.63) is 23.3 Å². The van der Waals surface area contributed by atoms with Crippen molar-refractivity contribution in [1.82, 2.24) is 9.97 Å². The van der Waals surface area contributed by atoms with Gasteiger partial charge in [-0.25, -0.2) is 9.97 Å². The minimum atomic E-state index is 1.05. The molecule has 0 unspecified atom stereocenters. The van der Waals surface area contributed by atoms with E-state index in [9.17, 15) is 0 Å². The molecule has 0 aliphatic carbocycles. The highest BCUT2D eigenvalue weighted by Gasteiger charge is 2.06. The van der Waals surface area contributed by atoms with Gasteiger partial charge in [0, 0.05) is 17.8 Å². The molecule has 2 nitrogen and oxygen atoms in total. The molecule has 1 aromatic heterocycles. The Balaban J connectivity index is 2.39. The zero-order valence-electron chi connectivity index (χ0n) is 19.4. The Morgan fingerprint density at radius 3 is 1.29 bits per heavy atom. The monoisotopic (exact) mass is 388 g/mol. The van der Waals surface area contributed by atoms with E-state index < -0.39 is 0 Å². The lowest BCUT2D eigenvalue weighted by Gasteiger charge is -2.09. The molecule has 2 heteroatoms. The first kappa shape index (κ1) is 25.1. The highest BCUT2D eigenvalue weighted by molar-refractivity contribution is 5.12. The second-order valence-electron chi connectivity index (χ2n) is 8.61. The number of hydrogen-bond donors (Lipinski definition) is 0. The zero-order valence-corrected chi connectivity index (χ0v) is 19.4. The van der Waals surface area contributed by atoms with Gasteiger partial charge in [0.15, 0.2) is 0 Å². The summed E-state index contributed by atoms with van der Waals surface area (Å²) in [4.78, 5) is 9.77. The Morgan fingerprint density at radius 1 is 0.464 bits per heavy atom. The zero-order chi connectivity index (χ0) is 20.3. The maximum atomic E-state index is 4.89. The quantitative estimate of drug-likeness (QED) is 0.222. The van der Waals surface area contributed by atoms with Crippen LogP contribution in [0.3, 0.4) is 0 Å². The summed E-state index contributed by atoms with van der Waals surface area (Å²) in [5.74, 6) is 1.10. The molecule has 0 atom stereocenters. The lowest BCUT2D eigenvalue weighted by molar-refractivity contribution is 0.581. The second kappa shape index (κ2) is 18.1. The van der Waals surface area contributed by atoms with E-state index >= 15 is 0 Å². The molecule has 0 aromatic carbocycles. The molecule has 1 rings (SSSR count). The minimum absolute atomic E-state index is 1.05. The molecule has 162 valence electrons. The average Bonchev–Trinajstić information content (AvgIpc) is 2.71. The molecule has 0 aliphatic heterocycles. The van der Waals surface area contributed by atoms with Crippen molar-refractivity contribution in [2.45, 2.75) is 143 Å². The molecule has 0 aliphatic rings. The van der Waals surface area contributed by atoms with Crippen LogP contribution < -0.4 is 0 Å². The van der Waals surface area contributed by atoms with Gasteiger partial charge < -0.3 is 0 Å². The Morgan fingerprint density at radius 2 is 0.857 bits per heavy atom. The summed E-state index contributed by atoms with van der Waals surface area (Å²) in [5, 5.41) is 0. The van der Waals surface area contributed by atoms with Gasteiger partial charge in [-0.2, -0.15) is 0 Å². The standard InChI is InChI=1S/C26H48N2/c1-4-7-10-12-14-16-18-20-24-23-25(28-26(27-24)22-9-6-3)21-19-17-15-13-11-8-5-2/h23H,4-22H2,1-3H3. The van der Waals surface area contributed by atoms with Crippen molar-refractivity contribution in [2.24, 2.45) is 0 Å². The van der Waals surface area contributed by atoms with E-state index in [1.54, 1.807) is 0 Å². The summed E-state index contributed by atoms with van der Waals surface area (Å²) < 4.78 is 0. The van der Waals surface area contributed by atoms with E-state index in [-0.39, 0.29) is 0 Å². The summed E-state index contributed by atoms with van der Waals surface area (Å²) in [6.07, 6.45) is 24.9. The van der Waals surface area contributed by atoms with Crippen molar-refractivity contribution in [2.75, 3.05) is 0 Å². The van der Waals surface area contributed by atoms with Crippen LogP contribution in [0.4, 0.5) is 0 Å². The summed E-state index contributed by atoms with van der Waals surface area (Å²) in [7, 11) is 0. The highest BCUT2D eigenvalue weighted by Crippen LogP contribution is 2.14. The number of rotatable bonds is 19. The average molecular weight is 389 g/mol. The Hall–Kier alpha value is -0.920. The van der Waals surface area contributed by atoms with E-state index in [0.717, 1.165) is 25.1 Å². The molecule has 0 N–H and O–H groups in total. The number of aromatic nitrogens is 2. The number of hydrogen-bond acceptors (Lipinski definition) is 2. The molecule has 28 heavy (non-hydrogen) atoms. The van der Waals surface area contributed by atoms with Gasteiger partial charge in [-0.3, -0.25) is 0 Å². The predicted octanol–water partition coefficient (Wildman–Crippen LogP) is 8.41. The summed E-state index contributed by atoms with van der Waals surface area (Å²) >= 11 is 0. The SMILES string of the molecule is CCCCCCCCCc1cc(CCCCCCCCC)nc(CCCC)n1. The third-order valence-electron chi connectivity index (χ3n) is 5.71. The topological polar surface area (TPSA) is 25.8 Å². The van der Waals surface area contributed by atoms with Crippen LogP contribution >= 0.6 is 0 Å². The van der Waals surface area contributed by atoms with Gasteiger partial charge >= 0.3 is 0 Å². The maximum absolute atomic E-state index is 4.89. The lowest BCUT2D eigenvalue weighted by Crippen LogP contribution is -2.04. The summed E-state index contributed by atoms with van der Waals surface area (Å²) in [6.45, 7) is 6.83. The number of nitrogens with zero attached hydrogens (tertiary/aromatic N) is 2. The van der Waals surface area contributed by atoms with E-state index in [1.165, 1.54) is 114 Å². The smallest absolute Gasteiger partial charge is 0.128 e. The first-order chi connectivity index (χ1) is 13.8. The Bertz CT molecular complexity index is 433. The van der Waals surface area contributed by atoms with Gasteiger partial charge in [-0.05, 0) is 38.2 Å². The summed E-state index contributed by atoms with van der Waals surface area (Å²) in [6, 6.07) is 2.31. The molecule has 1 heterocycles. The maximum Gasteiger partial charge on any atom is 0.128 e. The molecule has 1 aromatic rings. The second-order valence-corrected chi connectivity index (χ2v) is 8.61. The predicted molar refractivity (Wildman–Crippen MR) is 124 cm³/mol. The van der Waals surface area contributed by atoms with Crippen LogP contribution in [0.1, 0.15) is 141 Å². The third-order valence-corrected chi connectivity index (χ3v) is 5.71. The molecular weight excluding hydrogens is 340 g/mol. The van der Waals surface area contributed by atoms with E-state index in [2.05, 4.69) is 26.8 Å². The van der Waals surface area contributed by atoms with Gasteiger partial charge in [0.05, 0.1) is 0 Å². The largest absolute Gasteiger partial charge is 0.238 e. The van der Waals surface area contributed by atoms with Gasteiger partial charge in [-0.15, -0.1) is 0 Å². The molecule has 0 amide bonds. The van der Waals surface area contributed by atoms with Crippen molar-refractivity contribution in [3.8, 4) is 0 Å². The van der Waals surface area contributed by atoms with Crippen LogP contribution in [-0.4, -0.2) is 9.97 Å². The Labute approximate surface area is 176 Å². The van der Waals surface area contributed by atoms with Crippen molar-refractivity contribution >= 4 is 0 Å². The lowest BCUT2D eigenvalue weighted by atomic mass is 10.0. The van der Waals surface area contributed by atoms with Crippen LogP contribution in [0.25, 0.3) is 0 Å². The Kier molecular flexibility index (Phi) is 16.3. The van der Waals surface area contributed by atoms with Crippen molar-refractivity contribution in [3.63, 3.8) is 0 Å². The van der Waals surface area contributed by atoms with Gasteiger partial charge in [0.1, 0.15) is 5.82 Å². The van der Waals surface area contributed by atoms with E-state index in [0.29, 0.717) is 0 Å². The van der Waals surface area contributed by atoms with Crippen LogP contribution in [0.5, 0.6) is 0 Å². The first-order valence-electron chi connectivity index (χ1n) is 12.7. The molecule has 0 radical (unpaired) electrons. The van der Waals surface area contributed by atoms with Crippen molar-refractivity contribution < 1.29 is 0 Å². The fraction of sp³-hybridized carbons (Fsp3) is 0.846. The van der Waals surface area contributed by atoms with E-state index in [4.69, 9.17) is 9.97 Å². The highest BCUT2D eigenvalue weighted by atomic mass is 14.9. The van der Waals surface area contributed by atoms with Gasteiger partial charge in [-0.1, -0.05) is 104 Å². The molecule has 0 saturated heterocycles. The molecule has 0 saturated carbocycles. The van der Waals surface area contributed by atoms with E-state index in [1.807, 2.05) is 0 Å². The number of unbranched alkanes of at least 4 members (excludes halogenated alkanes) is 13. The van der Waals surface area contributed by atoms with Crippen molar-refractivity contribution in [1.29, 1.82) is 0 Å². The minimum Gasteiger partial charge on any atom is -0.238 e. The molecular formula is C26H48N2. The fourth-order valence-electron chi connectivity index (χ4n) is 3.84. The van der Waals surface area contributed by atoms with Crippen LogP contribution in [-0.2, 0) is 19.3 Å². The normalized spacial score (nSPS) is 11.2. The fourth-order valence-corrected chi connectivity index (χ4v) is 3.84. The number of aryl methyl sites for hydroxylation is 3. The molecule has 0 fully saturated rings.